The Morgan fingerprint density at radius 3 is 2.50 bits per heavy atom. The Morgan fingerprint density at radius 2 is 1.79 bits per heavy atom. The monoisotopic (exact) mass is 380 g/mol. The van der Waals surface area contributed by atoms with Crippen LogP contribution in [0.2, 0.25) is 0 Å². The minimum atomic E-state index is -0.189. The van der Waals surface area contributed by atoms with E-state index in [1.54, 1.807) is 31.4 Å². The van der Waals surface area contributed by atoms with Crippen molar-refractivity contribution < 1.29 is 14.3 Å². The summed E-state index contributed by atoms with van der Waals surface area (Å²) >= 11 is 0. The summed E-state index contributed by atoms with van der Waals surface area (Å²) in [7, 11) is 1.60. The molecule has 0 bridgehead atoms. The Kier molecular flexibility index (Phi) is 6.62. The molecular weight excluding hydrogens is 356 g/mol. The third-order valence-corrected chi connectivity index (χ3v) is 4.17. The third kappa shape index (κ3) is 5.84. The Hall–Kier alpha value is -3.35. The van der Waals surface area contributed by atoms with E-state index in [0.29, 0.717) is 31.0 Å². The number of rotatable bonds is 9. The number of aromatic amines is 1. The van der Waals surface area contributed by atoms with E-state index in [9.17, 15) is 4.79 Å². The van der Waals surface area contributed by atoms with Gasteiger partial charge in [-0.1, -0.05) is 29.8 Å². The van der Waals surface area contributed by atoms with Crippen LogP contribution in [-0.2, 0) is 17.6 Å². The standard InChI is InChI=1S/C21H24N4O3/c1-15-3-5-16(6-4-15)13-20-23-19(24-25-20)11-12-22-21(26)14-28-18-9-7-17(27-2)8-10-18/h3-10H,11-14H2,1-2H3,(H,22,26)(H,23,24,25). The second-order valence-corrected chi connectivity index (χ2v) is 6.42. The summed E-state index contributed by atoms with van der Waals surface area (Å²) in [5.74, 6) is 2.66. The number of nitrogens with zero attached hydrogens (tertiary/aromatic N) is 2. The van der Waals surface area contributed by atoms with Gasteiger partial charge in [0.25, 0.3) is 5.91 Å². The van der Waals surface area contributed by atoms with E-state index in [-0.39, 0.29) is 12.5 Å². The molecule has 1 aromatic heterocycles. The van der Waals surface area contributed by atoms with E-state index >= 15 is 0 Å². The summed E-state index contributed by atoms with van der Waals surface area (Å²) in [6, 6.07) is 15.4. The summed E-state index contributed by atoms with van der Waals surface area (Å²) in [4.78, 5) is 16.4. The second-order valence-electron chi connectivity index (χ2n) is 6.42. The van der Waals surface area contributed by atoms with Crippen molar-refractivity contribution in [3.8, 4) is 11.5 Å². The first-order valence-corrected chi connectivity index (χ1v) is 9.11. The number of ether oxygens (including phenoxy) is 2. The molecule has 0 radical (unpaired) electrons. The van der Waals surface area contributed by atoms with Crippen LogP contribution in [0.25, 0.3) is 0 Å². The number of aryl methyl sites for hydroxylation is 1. The normalized spacial score (nSPS) is 10.5. The smallest absolute Gasteiger partial charge is 0.257 e. The molecule has 1 heterocycles. The van der Waals surface area contributed by atoms with Gasteiger partial charge in [-0.2, -0.15) is 5.10 Å². The number of carbonyl (C=O) groups excluding carboxylic acids is 1. The summed E-state index contributed by atoms with van der Waals surface area (Å²) in [5, 5.41) is 9.97. The Balaban J connectivity index is 1.38. The molecule has 0 spiro atoms. The average Bonchev–Trinajstić information content (AvgIpc) is 3.16. The van der Waals surface area contributed by atoms with Gasteiger partial charge < -0.3 is 14.8 Å². The highest BCUT2D eigenvalue weighted by Crippen LogP contribution is 2.16. The van der Waals surface area contributed by atoms with Crippen LogP contribution in [-0.4, -0.2) is 41.3 Å². The number of amides is 1. The number of hydrogen-bond acceptors (Lipinski definition) is 5. The molecule has 3 rings (SSSR count). The van der Waals surface area contributed by atoms with Crippen molar-refractivity contribution in [2.75, 3.05) is 20.3 Å². The van der Waals surface area contributed by atoms with Crippen molar-refractivity contribution in [3.05, 3.63) is 71.3 Å². The van der Waals surface area contributed by atoms with Gasteiger partial charge in [-0.15, -0.1) is 0 Å². The maximum Gasteiger partial charge on any atom is 0.257 e. The fourth-order valence-corrected chi connectivity index (χ4v) is 2.61. The predicted octanol–water partition coefficient (Wildman–Crippen LogP) is 2.45. The summed E-state index contributed by atoms with van der Waals surface area (Å²) in [6.45, 7) is 2.47. The molecule has 1 amide bonds. The van der Waals surface area contributed by atoms with E-state index in [1.807, 2.05) is 0 Å². The first kappa shape index (κ1) is 19.4. The Morgan fingerprint density at radius 1 is 1.07 bits per heavy atom. The van der Waals surface area contributed by atoms with Crippen LogP contribution in [0.4, 0.5) is 0 Å². The molecule has 146 valence electrons. The second kappa shape index (κ2) is 9.55. The lowest BCUT2D eigenvalue weighted by Crippen LogP contribution is -2.30. The lowest BCUT2D eigenvalue weighted by Gasteiger charge is -2.07. The molecule has 2 N–H and O–H groups in total. The number of H-pyrrole nitrogens is 1. The molecule has 0 aliphatic rings. The van der Waals surface area contributed by atoms with Crippen molar-refractivity contribution in [2.24, 2.45) is 0 Å². The number of nitrogens with one attached hydrogen (secondary N) is 2. The predicted molar refractivity (Wildman–Crippen MR) is 106 cm³/mol. The van der Waals surface area contributed by atoms with Crippen LogP contribution in [0.15, 0.2) is 48.5 Å². The zero-order valence-electron chi connectivity index (χ0n) is 16.1. The molecule has 7 nitrogen and oxygen atoms in total. The molecular formula is C21H24N4O3. The molecule has 0 aliphatic carbocycles. The number of benzene rings is 2. The van der Waals surface area contributed by atoms with Crippen LogP contribution in [0.1, 0.15) is 22.8 Å². The van der Waals surface area contributed by atoms with Crippen molar-refractivity contribution in [2.45, 2.75) is 19.8 Å². The highest BCUT2D eigenvalue weighted by molar-refractivity contribution is 5.77. The molecule has 0 atom stereocenters. The van der Waals surface area contributed by atoms with Crippen LogP contribution in [0, 0.1) is 6.92 Å². The number of methoxy groups -OCH3 is 1. The third-order valence-electron chi connectivity index (χ3n) is 4.17. The minimum Gasteiger partial charge on any atom is -0.497 e. The van der Waals surface area contributed by atoms with Gasteiger partial charge in [0, 0.05) is 19.4 Å². The first-order valence-electron chi connectivity index (χ1n) is 9.11. The van der Waals surface area contributed by atoms with E-state index in [1.165, 1.54) is 11.1 Å². The van der Waals surface area contributed by atoms with Gasteiger partial charge in [0.15, 0.2) is 12.4 Å². The van der Waals surface area contributed by atoms with Crippen LogP contribution < -0.4 is 14.8 Å². The van der Waals surface area contributed by atoms with Crippen molar-refractivity contribution >= 4 is 5.91 Å². The van der Waals surface area contributed by atoms with Gasteiger partial charge in [0.1, 0.15) is 17.3 Å². The largest absolute Gasteiger partial charge is 0.497 e. The molecule has 3 aromatic rings. The molecule has 0 aliphatic heterocycles. The van der Waals surface area contributed by atoms with Crippen LogP contribution in [0.3, 0.4) is 0 Å². The maximum atomic E-state index is 11.9. The van der Waals surface area contributed by atoms with Crippen molar-refractivity contribution in [3.63, 3.8) is 0 Å². The maximum absolute atomic E-state index is 11.9. The molecule has 0 saturated carbocycles. The minimum absolute atomic E-state index is 0.0427. The van der Waals surface area contributed by atoms with Gasteiger partial charge in [0.05, 0.1) is 7.11 Å². The van der Waals surface area contributed by atoms with Gasteiger partial charge in [-0.05, 0) is 36.8 Å². The topological polar surface area (TPSA) is 89.1 Å². The van der Waals surface area contributed by atoms with Gasteiger partial charge in [-0.25, -0.2) is 4.98 Å². The quantitative estimate of drug-likeness (QED) is 0.595. The zero-order valence-corrected chi connectivity index (χ0v) is 16.1. The number of hydrogen-bond donors (Lipinski definition) is 2. The Bertz CT molecular complexity index is 889. The van der Waals surface area contributed by atoms with Crippen molar-refractivity contribution in [1.82, 2.24) is 20.5 Å². The molecule has 28 heavy (non-hydrogen) atoms. The fraction of sp³-hybridized carbons (Fsp3) is 0.286. The highest BCUT2D eigenvalue weighted by atomic mass is 16.5. The first-order chi connectivity index (χ1) is 13.6. The van der Waals surface area contributed by atoms with Crippen molar-refractivity contribution in [1.29, 1.82) is 0 Å². The van der Waals surface area contributed by atoms with Gasteiger partial charge in [0.2, 0.25) is 0 Å². The average molecular weight is 380 g/mol. The molecule has 0 unspecified atom stereocenters. The van der Waals surface area contributed by atoms with E-state index in [0.717, 1.165) is 11.6 Å². The van der Waals surface area contributed by atoms with E-state index < -0.39 is 0 Å². The molecule has 7 heteroatoms. The molecule has 0 saturated heterocycles. The molecule has 0 fully saturated rings. The summed E-state index contributed by atoms with van der Waals surface area (Å²) in [6.07, 6.45) is 1.26. The Labute approximate surface area is 164 Å². The fourth-order valence-electron chi connectivity index (χ4n) is 2.61. The lowest BCUT2D eigenvalue weighted by atomic mass is 10.1. The van der Waals surface area contributed by atoms with Crippen LogP contribution >= 0.6 is 0 Å². The molecule has 2 aromatic carbocycles. The zero-order chi connectivity index (χ0) is 19.8. The summed E-state index contributed by atoms with van der Waals surface area (Å²) in [5.41, 5.74) is 2.41. The number of aromatic nitrogens is 3. The van der Waals surface area contributed by atoms with Gasteiger partial charge >= 0.3 is 0 Å². The number of carbonyl (C=O) groups is 1. The highest BCUT2D eigenvalue weighted by Gasteiger charge is 2.07. The van der Waals surface area contributed by atoms with E-state index in [2.05, 4.69) is 51.7 Å². The SMILES string of the molecule is COc1ccc(OCC(=O)NCCc2n[nH]c(Cc3ccc(C)cc3)n2)cc1. The van der Waals surface area contributed by atoms with E-state index in [4.69, 9.17) is 9.47 Å². The lowest BCUT2D eigenvalue weighted by molar-refractivity contribution is -0.123. The van der Waals surface area contributed by atoms with Crippen LogP contribution in [0.5, 0.6) is 11.5 Å². The summed E-state index contributed by atoms with van der Waals surface area (Å²) < 4.78 is 10.5. The van der Waals surface area contributed by atoms with Gasteiger partial charge in [-0.3, -0.25) is 9.89 Å².